The number of aliphatic hydroxyl groups excluding tert-OH is 1. The number of aliphatic hydroxyl groups is 1. The molecule has 0 bridgehead atoms. The largest absolute Gasteiger partial charge is 0.405 e. The summed E-state index contributed by atoms with van der Waals surface area (Å²) in [6, 6.07) is 0. The fourth-order valence-electron chi connectivity index (χ4n) is 0.0430. The molecule has 0 saturated carbocycles. The highest BCUT2D eigenvalue weighted by Crippen LogP contribution is 1.38. The molecule has 5 heavy (non-hydrogen) atoms. The first-order valence-electron chi connectivity index (χ1n) is 1.29. The third kappa shape index (κ3) is 3.69. The topological polar surface area (TPSA) is 37.3 Å². The molecule has 2 nitrogen and oxygen atoms in total. The Morgan fingerprint density at radius 3 is 2.60 bits per heavy atom. The van der Waals surface area contributed by atoms with Crippen LogP contribution in [-0.2, 0) is 4.79 Å². The van der Waals surface area contributed by atoms with Crippen LogP contribution >= 0.6 is 0 Å². The molecule has 0 aromatic heterocycles. The van der Waals surface area contributed by atoms with Crippen molar-refractivity contribution in [3.8, 4) is 0 Å². The molecule has 0 amide bonds. The molecular formula is C2H4BO2. The Morgan fingerprint density at radius 1 is 2.00 bits per heavy atom. The van der Waals surface area contributed by atoms with Gasteiger partial charge in [0.2, 0.25) is 7.28 Å². The minimum Gasteiger partial charge on any atom is -0.405 e. The van der Waals surface area contributed by atoms with Crippen LogP contribution < -0.4 is 0 Å². The molecule has 0 atom stereocenters. The van der Waals surface area contributed by atoms with Crippen LogP contribution in [0.15, 0.2) is 0 Å². The predicted octanol–water partition coefficient (Wildman–Crippen LogP) is -1.17. The predicted molar refractivity (Wildman–Crippen MR) is 19.6 cm³/mol. The molecule has 1 N–H and O–H groups in total. The monoisotopic (exact) mass is 71.0 g/mol. The van der Waals surface area contributed by atoms with Crippen LogP contribution in [0.2, 0.25) is 0 Å². The molecule has 1 radical (unpaired) electrons. The first kappa shape index (κ1) is 4.69. The van der Waals surface area contributed by atoms with Crippen LogP contribution in [0.4, 0.5) is 0 Å². The van der Waals surface area contributed by atoms with Crippen molar-refractivity contribution in [3.05, 3.63) is 0 Å². The van der Waals surface area contributed by atoms with Crippen molar-refractivity contribution in [1.29, 1.82) is 0 Å². The summed E-state index contributed by atoms with van der Waals surface area (Å²) in [5, 5.41) is 7.78. The van der Waals surface area contributed by atoms with Gasteiger partial charge in [0, 0.05) is 6.51 Å². The van der Waals surface area contributed by atoms with E-state index >= 15 is 0 Å². The second-order valence-electron chi connectivity index (χ2n) is 0.554. The molecule has 0 rings (SSSR count). The van der Waals surface area contributed by atoms with Crippen molar-refractivity contribution in [2.45, 2.75) is 0 Å². The van der Waals surface area contributed by atoms with Gasteiger partial charge in [-0.25, -0.2) is 0 Å². The van der Waals surface area contributed by atoms with Gasteiger partial charge in [-0.05, 0) is 0 Å². The van der Waals surface area contributed by atoms with Gasteiger partial charge >= 0.3 is 0 Å². The normalized spacial score (nSPS) is 6.60. The highest BCUT2D eigenvalue weighted by Gasteiger charge is 1.74. The summed E-state index contributed by atoms with van der Waals surface area (Å²) < 4.78 is 0. The SMILES string of the molecule is O=C[B]CO. The third-order valence-corrected chi connectivity index (χ3v) is 0.202. The summed E-state index contributed by atoms with van der Waals surface area (Å²) in [5.74, 6) is 0. The molecule has 0 spiro atoms. The number of carbonyl (C=O) groups is 1. The van der Waals surface area contributed by atoms with Gasteiger partial charge in [-0.3, -0.25) is 0 Å². The third-order valence-electron chi connectivity index (χ3n) is 0.202. The van der Waals surface area contributed by atoms with E-state index in [1.54, 1.807) is 0 Å². The van der Waals surface area contributed by atoms with E-state index < -0.39 is 0 Å². The highest BCUT2D eigenvalue weighted by molar-refractivity contribution is 6.66. The Kier molecular flexibility index (Phi) is 3.47. The van der Waals surface area contributed by atoms with E-state index in [1.807, 2.05) is 0 Å². The maximum Gasteiger partial charge on any atom is 0.230 e. The molecule has 0 saturated heterocycles. The van der Waals surface area contributed by atoms with E-state index in [0.29, 0.717) is 6.19 Å². The van der Waals surface area contributed by atoms with Crippen LogP contribution in [-0.4, -0.2) is 25.1 Å². The number of rotatable bonds is 2. The molecule has 0 fully saturated rings. The van der Waals surface area contributed by atoms with E-state index in [2.05, 4.69) is 0 Å². The summed E-state index contributed by atoms with van der Waals surface area (Å²) in [4.78, 5) is 9.19. The molecule has 27 valence electrons. The summed E-state index contributed by atoms with van der Waals surface area (Å²) in [5.41, 5.74) is 0. The molecule has 0 aliphatic carbocycles. The molecule has 0 aliphatic rings. The standard InChI is InChI=1S/C2H4BO2/c4-1-3-2-5/h1,5H,2H2. The number of carbonyl (C=O) groups excluding carboxylic acids is 1. The van der Waals surface area contributed by atoms with Crippen LogP contribution in [0.1, 0.15) is 0 Å². The lowest BCUT2D eigenvalue weighted by Gasteiger charge is -1.65. The molecule has 3 heteroatoms. The summed E-state index contributed by atoms with van der Waals surface area (Å²) >= 11 is 0. The van der Waals surface area contributed by atoms with Crippen LogP contribution in [0.5, 0.6) is 0 Å². The van der Waals surface area contributed by atoms with Gasteiger partial charge in [-0.2, -0.15) is 0 Å². The van der Waals surface area contributed by atoms with Crippen molar-refractivity contribution in [2.24, 2.45) is 0 Å². The lowest BCUT2D eigenvalue weighted by atomic mass is 9.84. The first-order valence-corrected chi connectivity index (χ1v) is 1.29. The maximum atomic E-state index is 9.19. The Balaban J connectivity index is 2.40. The summed E-state index contributed by atoms with van der Waals surface area (Å²) in [7, 11) is 1.12. The minimum atomic E-state index is -0.149. The Bertz CT molecular complexity index is 28.8. The number of hydrogen-bond acceptors (Lipinski definition) is 2. The zero-order valence-corrected chi connectivity index (χ0v) is 2.72. The quantitative estimate of drug-likeness (QED) is 0.329. The van der Waals surface area contributed by atoms with Gasteiger partial charge in [0.15, 0.2) is 0 Å². The first-order chi connectivity index (χ1) is 2.41. The second kappa shape index (κ2) is 3.69. The molecule has 0 aromatic rings. The van der Waals surface area contributed by atoms with Gasteiger partial charge in [-0.15, -0.1) is 0 Å². The Labute approximate surface area is 31.0 Å². The average Bonchev–Trinajstić information content (AvgIpc) is 1.41. The summed E-state index contributed by atoms with van der Waals surface area (Å²) in [6.45, 7) is -0.149. The van der Waals surface area contributed by atoms with E-state index in [4.69, 9.17) is 5.11 Å². The van der Waals surface area contributed by atoms with Crippen molar-refractivity contribution in [3.63, 3.8) is 0 Å². The van der Waals surface area contributed by atoms with Crippen LogP contribution in [0.3, 0.4) is 0 Å². The molecular weight excluding hydrogens is 66.8 g/mol. The van der Waals surface area contributed by atoms with Gasteiger partial charge < -0.3 is 9.90 Å². The van der Waals surface area contributed by atoms with Crippen molar-refractivity contribution in [2.75, 3.05) is 6.51 Å². The van der Waals surface area contributed by atoms with Crippen LogP contribution in [0, 0.1) is 0 Å². The highest BCUT2D eigenvalue weighted by atomic mass is 16.2. The fourth-order valence-corrected chi connectivity index (χ4v) is 0.0430. The fraction of sp³-hybridized carbons (Fsp3) is 0.500. The molecule has 0 heterocycles. The van der Waals surface area contributed by atoms with Gasteiger partial charge in [0.1, 0.15) is 0 Å². The Morgan fingerprint density at radius 2 is 2.60 bits per heavy atom. The van der Waals surface area contributed by atoms with E-state index in [1.165, 1.54) is 0 Å². The zero-order chi connectivity index (χ0) is 4.12. The number of hydrogen-bond donors (Lipinski definition) is 1. The summed E-state index contributed by atoms with van der Waals surface area (Å²) in [6.07, 6.45) is 0.556. The van der Waals surface area contributed by atoms with Crippen molar-refractivity contribution in [1.82, 2.24) is 0 Å². The minimum absolute atomic E-state index is 0.149. The Hall–Kier alpha value is -0.305. The zero-order valence-electron chi connectivity index (χ0n) is 2.72. The lowest BCUT2D eigenvalue weighted by Crippen LogP contribution is -1.96. The van der Waals surface area contributed by atoms with Gasteiger partial charge in [0.25, 0.3) is 0 Å². The maximum absolute atomic E-state index is 9.19. The average molecular weight is 70.9 g/mol. The van der Waals surface area contributed by atoms with Crippen molar-refractivity contribution < 1.29 is 9.90 Å². The van der Waals surface area contributed by atoms with Crippen LogP contribution in [0.25, 0.3) is 0 Å². The second-order valence-corrected chi connectivity index (χ2v) is 0.554. The lowest BCUT2D eigenvalue weighted by molar-refractivity contribution is 0.367. The smallest absolute Gasteiger partial charge is 0.230 e. The van der Waals surface area contributed by atoms with Crippen molar-refractivity contribution >= 4 is 13.5 Å². The van der Waals surface area contributed by atoms with E-state index in [9.17, 15) is 4.79 Å². The van der Waals surface area contributed by atoms with Gasteiger partial charge in [-0.1, -0.05) is 0 Å². The molecule has 0 aromatic carbocycles. The van der Waals surface area contributed by atoms with E-state index in [0.717, 1.165) is 7.28 Å². The van der Waals surface area contributed by atoms with Gasteiger partial charge in [0.05, 0.1) is 6.19 Å². The molecule has 0 aliphatic heterocycles. The van der Waals surface area contributed by atoms with E-state index in [-0.39, 0.29) is 6.51 Å². The molecule has 0 unspecified atom stereocenters.